The van der Waals surface area contributed by atoms with Gasteiger partial charge in [-0.15, -0.1) is 0 Å². The molecule has 1 fully saturated rings. The number of carboxylic acids is 2. The summed E-state index contributed by atoms with van der Waals surface area (Å²) in [6, 6.07) is 9.00. The number of hydrogen-bond acceptors (Lipinski definition) is 4. The maximum Gasteiger partial charge on any atom is 0.328 e. The average molecular weight is 412 g/mol. The molecule has 4 N–H and O–H groups in total. The first-order valence-corrected chi connectivity index (χ1v) is 10.2. The van der Waals surface area contributed by atoms with Gasteiger partial charge in [-0.2, -0.15) is 0 Å². The quantitative estimate of drug-likeness (QED) is 0.534. The van der Waals surface area contributed by atoms with Crippen LogP contribution in [0.5, 0.6) is 5.75 Å². The summed E-state index contributed by atoms with van der Waals surface area (Å²) < 4.78 is 8.48. The van der Waals surface area contributed by atoms with Crippen molar-refractivity contribution in [2.24, 2.45) is 5.73 Å². The van der Waals surface area contributed by atoms with Crippen LogP contribution in [0.25, 0.3) is 11.3 Å². The van der Waals surface area contributed by atoms with Gasteiger partial charge in [0.05, 0.1) is 11.8 Å². The lowest BCUT2D eigenvalue weighted by atomic mass is 10.1. The van der Waals surface area contributed by atoms with Crippen molar-refractivity contribution in [2.45, 2.75) is 57.7 Å². The summed E-state index contributed by atoms with van der Waals surface area (Å²) in [4.78, 5) is 19.1. The Labute approximate surface area is 175 Å². The molecular weight excluding hydrogens is 384 g/mol. The lowest BCUT2D eigenvalue weighted by Crippen LogP contribution is -2.22. The number of rotatable bonds is 6. The van der Waals surface area contributed by atoms with Crippen molar-refractivity contribution in [3.8, 4) is 17.0 Å². The first kappa shape index (κ1) is 21.6. The minimum Gasteiger partial charge on any atom is -0.490 e. The Bertz CT molecular complexity index is 923. The number of hydrogen-bond donors (Lipinski definition) is 3. The van der Waals surface area contributed by atoms with Gasteiger partial charge in [0.2, 0.25) is 0 Å². The van der Waals surface area contributed by atoms with E-state index in [2.05, 4.69) is 42.0 Å². The van der Waals surface area contributed by atoms with E-state index in [1.807, 2.05) is 0 Å². The Balaban J connectivity index is 0.000000275. The molecule has 0 spiro atoms. The van der Waals surface area contributed by atoms with Crippen LogP contribution < -0.4 is 10.5 Å². The molecule has 0 amide bonds. The average Bonchev–Trinajstić information content (AvgIpc) is 3.39. The standard InChI is InChI=1S/C19H24N2O.C4H4O4/c1-13(20)12-21-9-8-15-10-14-6-7-17(11-18(14)19(15)21)22-16-4-2-3-5-16;5-3(6)1-2-4(7)8/h6-9,11,13,16H,2-5,10,12,20H2,1H3;1-2H,(H,5,6)(H,7,8)/b;2-1+. The van der Waals surface area contributed by atoms with Gasteiger partial charge < -0.3 is 25.3 Å². The summed E-state index contributed by atoms with van der Waals surface area (Å²) in [6.07, 6.45) is 9.72. The normalized spacial score (nSPS) is 15.9. The molecule has 7 heteroatoms. The minimum atomic E-state index is -1.26. The number of fused-ring (bicyclic) bond motifs is 3. The molecule has 0 saturated heterocycles. The number of aliphatic carboxylic acids is 2. The smallest absolute Gasteiger partial charge is 0.328 e. The molecule has 0 aliphatic heterocycles. The second-order valence-corrected chi connectivity index (χ2v) is 7.85. The van der Waals surface area contributed by atoms with Crippen molar-refractivity contribution in [3.63, 3.8) is 0 Å². The van der Waals surface area contributed by atoms with Crippen molar-refractivity contribution in [3.05, 3.63) is 53.7 Å². The Hall–Kier alpha value is -3.06. The minimum absolute atomic E-state index is 0.165. The molecule has 1 aromatic carbocycles. The molecule has 2 aliphatic rings. The first-order valence-electron chi connectivity index (χ1n) is 10.2. The van der Waals surface area contributed by atoms with Crippen LogP contribution in [0, 0.1) is 0 Å². The van der Waals surface area contributed by atoms with Crippen LogP contribution in [-0.2, 0) is 22.6 Å². The Kier molecular flexibility index (Phi) is 6.95. The lowest BCUT2D eigenvalue weighted by molar-refractivity contribution is -0.134. The molecule has 0 radical (unpaired) electrons. The molecule has 1 heterocycles. The largest absolute Gasteiger partial charge is 0.490 e. The van der Waals surface area contributed by atoms with Gasteiger partial charge in [0.25, 0.3) is 0 Å². The molecule has 1 unspecified atom stereocenters. The van der Waals surface area contributed by atoms with Gasteiger partial charge in [-0.05, 0) is 61.9 Å². The molecule has 4 rings (SSSR count). The van der Waals surface area contributed by atoms with E-state index >= 15 is 0 Å². The van der Waals surface area contributed by atoms with E-state index < -0.39 is 11.9 Å². The van der Waals surface area contributed by atoms with E-state index in [9.17, 15) is 9.59 Å². The SMILES string of the molecule is CC(N)Cn1ccc2c1-c1cc(OC3CCCC3)ccc1C2.O=C(O)/C=C/C(=O)O. The summed E-state index contributed by atoms with van der Waals surface area (Å²) in [6.45, 7) is 2.92. The third-order valence-corrected chi connectivity index (χ3v) is 5.22. The van der Waals surface area contributed by atoms with E-state index in [1.165, 1.54) is 48.1 Å². The third-order valence-electron chi connectivity index (χ3n) is 5.22. The van der Waals surface area contributed by atoms with Crippen molar-refractivity contribution in [1.82, 2.24) is 4.57 Å². The molecule has 1 atom stereocenters. The highest BCUT2D eigenvalue weighted by Gasteiger charge is 2.24. The summed E-state index contributed by atoms with van der Waals surface area (Å²) in [5.74, 6) is -1.49. The fourth-order valence-electron chi connectivity index (χ4n) is 4.00. The van der Waals surface area contributed by atoms with Gasteiger partial charge in [-0.1, -0.05) is 6.07 Å². The van der Waals surface area contributed by atoms with Gasteiger partial charge in [0.1, 0.15) is 5.75 Å². The number of nitrogens with zero attached hydrogens (tertiary/aromatic N) is 1. The molecule has 160 valence electrons. The van der Waals surface area contributed by atoms with Crippen LogP contribution in [0.15, 0.2) is 42.6 Å². The maximum atomic E-state index is 9.55. The highest BCUT2D eigenvalue weighted by atomic mass is 16.5. The van der Waals surface area contributed by atoms with E-state index in [-0.39, 0.29) is 6.04 Å². The predicted octanol–water partition coefficient (Wildman–Crippen LogP) is 3.44. The first-order chi connectivity index (χ1) is 14.3. The predicted molar refractivity (Wildman–Crippen MR) is 114 cm³/mol. The fourth-order valence-corrected chi connectivity index (χ4v) is 4.00. The number of carboxylic acid groups (broad SMARTS) is 2. The van der Waals surface area contributed by atoms with Gasteiger partial charge >= 0.3 is 11.9 Å². The molecule has 2 aromatic rings. The van der Waals surface area contributed by atoms with E-state index in [4.69, 9.17) is 20.7 Å². The monoisotopic (exact) mass is 412 g/mol. The number of aromatic nitrogens is 1. The summed E-state index contributed by atoms with van der Waals surface area (Å²) >= 11 is 0. The zero-order valence-electron chi connectivity index (χ0n) is 17.1. The zero-order chi connectivity index (χ0) is 21.7. The van der Waals surface area contributed by atoms with Crippen LogP contribution in [0.2, 0.25) is 0 Å². The molecular formula is C23H28N2O5. The highest BCUT2D eigenvalue weighted by Crippen LogP contribution is 2.40. The Morgan fingerprint density at radius 1 is 1.17 bits per heavy atom. The van der Waals surface area contributed by atoms with Gasteiger partial charge in [-0.3, -0.25) is 0 Å². The molecule has 0 bridgehead atoms. The number of nitrogens with two attached hydrogens (primary N) is 1. The second-order valence-electron chi connectivity index (χ2n) is 7.85. The van der Waals surface area contributed by atoms with E-state index in [1.54, 1.807) is 0 Å². The summed E-state index contributed by atoms with van der Waals surface area (Å²) in [5.41, 5.74) is 11.5. The molecule has 2 aliphatic carbocycles. The molecule has 1 saturated carbocycles. The number of ether oxygens (including phenoxy) is 1. The summed E-state index contributed by atoms with van der Waals surface area (Å²) in [7, 11) is 0. The molecule has 30 heavy (non-hydrogen) atoms. The Morgan fingerprint density at radius 3 is 2.43 bits per heavy atom. The van der Waals surface area contributed by atoms with Crippen LogP contribution in [0.1, 0.15) is 43.7 Å². The zero-order valence-corrected chi connectivity index (χ0v) is 17.1. The van der Waals surface area contributed by atoms with Crippen LogP contribution in [0.4, 0.5) is 0 Å². The van der Waals surface area contributed by atoms with Crippen molar-refractivity contribution < 1.29 is 24.5 Å². The van der Waals surface area contributed by atoms with E-state index in [0.717, 1.165) is 18.7 Å². The van der Waals surface area contributed by atoms with Gasteiger partial charge in [0, 0.05) is 42.9 Å². The maximum absolute atomic E-state index is 9.55. The van der Waals surface area contributed by atoms with Gasteiger partial charge in [-0.25, -0.2) is 9.59 Å². The second kappa shape index (κ2) is 9.63. The molecule has 1 aromatic heterocycles. The van der Waals surface area contributed by atoms with E-state index in [0.29, 0.717) is 18.3 Å². The van der Waals surface area contributed by atoms with Crippen LogP contribution >= 0.6 is 0 Å². The van der Waals surface area contributed by atoms with Crippen molar-refractivity contribution in [1.29, 1.82) is 0 Å². The number of carbonyl (C=O) groups is 2. The Morgan fingerprint density at radius 2 is 1.83 bits per heavy atom. The van der Waals surface area contributed by atoms with Gasteiger partial charge in [0.15, 0.2) is 0 Å². The molecule has 7 nitrogen and oxygen atoms in total. The third kappa shape index (κ3) is 5.51. The topological polar surface area (TPSA) is 115 Å². The van der Waals surface area contributed by atoms with Crippen molar-refractivity contribution in [2.75, 3.05) is 0 Å². The highest BCUT2D eigenvalue weighted by molar-refractivity contribution is 5.89. The van der Waals surface area contributed by atoms with Crippen LogP contribution in [0.3, 0.4) is 0 Å². The van der Waals surface area contributed by atoms with Crippen LogP contribution in [-0.4, -0.2) is 38.9 Å². The fraction of sp³-hybridized carbons (Fsp3) is 0.391. The lowest BCUT2D eigenvalue weighted by Gasteiger charge is -2.15. The van der Waals surface area contributed by atoms with Crippen molar-refractivity contribution >= 4 is 11.9 Å². The summed E-state index contributed by atoms with van der Waals surface area (Å²) in [5, 5.41) is 15.6. The number of benzene rings is 1.